The van der Waals surface area contributed by atoms with E-state index in [9.17, 15) is 8.42 Å². The zero-order valence-electron chi connectivity index (χ0n) is 11.5. The normalized spacial score (nSPS) is 20.4. The largest absolute Gasteiger partial charge is 0.389 e. The van der Waals surface area contributed by atoms with Crippen molar-refractivity contribution in [3.05, 3.63) is 28.8 Å². The minimum Gasteiger partial charge on any atom is -0.389 e. The van der Waals surface area contributed by atoms with Crippen LogP contribution in [-0.4, -0.2) is 32.2 Å². The molecule has 2 unspecified atom stereocenters. The van der Waals surface area contributed by atoms with E-state index in [1.54, 1.807) is 13.0 Å². The van der Waals surface area contributed by atoms with Crippen LogP contribution in [0.4, 0.5) is 0 Å². The summed E-state index contributed by atoms with van der Waals surface area (Å²) in [5.41, 5.74) is 5.99. The fourth-order valence-electron chi connectivity index (χ4n) is 2.24. The van der Waals surface area contributed by atoms with Crippen molar-refractivity contribution in [1.29, 1.82) is 0 Å². The summed E-state index contributed by atoms with van der Waals surface area (Å²) in [6, 6.07) is 4.12. The molecule has 116 valence electrons. The van der Waals surface area contributed by atoms with E-state index < -0.39 is 10.0 Å². The van der Waals surface area contributed by atoms with Gasteiger partial charge < -0.3 is 10.5 Å². The number of nitrogens with two attached hydrogens (primary N) is 1. The Bertz CT molecular complexity index is 643. The maximum absolute atomic E-state index is 12.5. The van der Waals surface area contributed by atoms with Gasteiger partial charge in [-0.15, -0.1) is 0 Å². The molecule has 2 atom stereocenters. The summed E-state index contributed by atoms with van der Waals surface area (Å²) in [5.74, 6) is 0. The SMILES string of the molecule is CC(NS(=O)(=O)c1cc(C(N)=S)ccc1Cl)C1CCCO1. The Morgan fingerprint density at radius 1 is 1.57 bits per heavy atom. The molecule has 5 nitrogen and oxygen atoms in total. The lowest BCUT2D eigenvalue weighted by Crippen LogP contribution is -2.40. The Morgan fingerprint density at radius 2 is 2.29 bits per heavy atom. The average molecular weight is 349 g/mol. The molecule has 1 fully saturated rings. The summed E-state index contributed by atoms with van der Waals surface area (Å²) in [4.78, 5) is 0.0922. The van der Waals surface area contributed by atoms with Gasteiger partial charge in [-0.05, 0) is 31.9 Å². The van der Waals surface area contributed by atoms with Gasteiger partial charge >= 0.3 is 0 Å². The number of benzene rings is 1. The van der Waals surface area contributed by atoms with E-state index >= 15 is 0 Å². The highest BCUT2D eigenvalue weighted by atomic mass is 35.5. The third-order valence-corrected chi connectivity index (χ3v) is 5.65. The van der Waals surface area contributed by atoms with Gasteiger partial charge in [0.05, 0.1) is 11.1 Å². The summed E-state index contributed by atoms with van der Waals surface area (Å²) in [6.45, 7) is 2.44. The van der Waals surface area contributed by atoms with Crippen LogP contribution in [0.3, 0.4) is 0 Å². The van der Waals surface area contributed by atoms with Gasteiger partial charge in [0.2, 0.25) is 10.0 Å². The highest BCUT2D eigenvalue weighted by molar-refractivity contribution is 7.89. The number of thiocarbonyl (C=S) groups is 1. The van der Waals surface area contributed by atoms with E-state index in [1.807, 2.05) is 0 Å². The van der Waals surface area contributed by atoms with Gasteiger partial charge in [0.25, 0.3) is 0 Å². The number of nitrogens with one attached hydrogen (secondary N) is 1. The highest BCUT2D eigenvalue weighted by Gasteiger charge is 2.28. The van der Waals surface area contributed by atoms with Crippen LogP contribution in [0.15, 0.2) is 23.1 Å². The molecule has 8 heteroatoms. The predicted octanol–water partition coefficient (Wildman–Crippen LogP) is 1.82. The number of hydrogen-bond acceptors (Lipinski definition) is 4. The Labute approximate surface area is 134 Å². The first-order valence-corrected chi connectivity index (χ1v) is 8.81. The topological polar surface area (TPSA) is 81.4 Å². The molecule has 0 spiro atoms. The average Bonchev–Trinajstić information content (AvgIpc) is 2.92. The first-order valence-electron chi connectivity index (χ1n) is 6.54. The van der Waals surface area contributed by atoms with Gasteiger partial charge in [-0.3, -0.25) is 0 Å². The minimum absolute atomic E-state index is 0.0284. The number of hydrogen-bond donors (Lipinski definition) is 2. The maximum atomic E-state index is 12.5. The first-order chi connectivity index (χ1) is 9.81. The molecular weight excluding hydrogens is 332 g/mol. The molecule has 2 rings (SSSR count). The Kier molecular flexibility index (Phi) is 5.21. The molecule has 21 heavy (non-hydrogen) atoms. The fraction of sp³-hybridized carbons (Fsp3) is 0.462. The Balaban J connectivity index is 2.26. The second-order valence-corrected chi connectivity index (χ2v) is 7.50. The lowest BCUT2D eigenvalue weighted by atomic mass is 10.1. The molecular formula is C13H17ClN2O3S2. The molecule has 1 aromatic carbocycles. The van der Waals surface area contributed by atoms with Gasteiger partial charge in [-0.25, -0.2) is 13.1 Å². The fourth-order valence-corrected chi connectivity index (χ4v) is 4.17. The smallest absolute Gasteiger partial charge is 0.242 e. The van der Waals surface area contributed by atoms with Crippen molar-refractivity contribution in [2.24, 2.45) is 5.73 Å². The Hall–Kier alpha value is -0.730. The highest BCUT2D eigenvalue weighted by Crippen LogP contribution is 2.24. The third-order valence-electron chi connectivity index (χ3n) is 3.37. The van der Waals surface area contributed by atoms with Crippen molar-refractivity contribution in [2.45, 2.75) is 36.8 Å². The van der Waals surface area contributed by atoms with Crippen LogP contribution in [0.2, 0.25) is 5.02 Å². The second-order valence-electron chi connectivity index (χ2n) is 4.97. The van der Waals surface area contributed by atoms with Gasteiger partial charge in [0, 0.05) is 18.2 Å². The van der Waals surface area contributed by atoms with Gasteiger partial charge in [0.1, 0.15) is 9.88 Å². The third kappa shape index (κ3) is 3.92. The van der Waals surface area contributed by atoms with Gasteiger partial charge in [-0.1, -0.05) is 29.9 Å². The number of rotatable bonds is 5. The van der Waals surface area contributed by atoms with Crippen LogP contribution in [0, 0.1) is 0 Å². The Morgan fingerprint density at radius 3 is 2.86 bits per heavy atom. The van der Waals surface area contributed by atoms with E-state index in [0.717, 1.165) is 12.8 Å². The van der Waals surface area contributed by atoms with E-state index in [-0.39, 0.29) is 27.1 Å². The molecule has 1 heterocycles. The molecule has 0 saturated carbocycles. The molecule has 1 saturated heterocycles. The zero-order chi connectivity index (χ0) is 15.6. The number of sulfonamides is 1. The monoisotopic (exact) mass is 348 g/mol. The number of ether oxygens (including phenoxy) is 1. The van der Waals surface area contributed by atoms with Crippen LogP contribution < -0.4 is 10.5 Å². The van der Waals surface area contributed by atoms with Gasteiger partial charge in [-0.2, -0.15) is 0 Å². The molecule has 1 aliphatic heterocycles. The second kappa shape index (κ2) is 6.58. The van der Waals surface area contributed by atoms with Crippen LogP contribution in [0.25, 0.3) is 0 Å². The van der Waals surface area contributed by atoms with Crippen molar-refractivity contribution in [2.75, 3.05) is 6.61 Å². The summed E-state index contributed by atoms with van der Waals surface area (Å²) in [7, 11) is -3.76. The van der Waals surface area contributed by atoms with Crippen LogP contribution >= 0.6 is 23.8 Å². The summed E-state index contributed by atoms with van der Waals surface area (Å²) >= 11 is 10.9. The minimum atomic E-state index is -3.76. The van der Waals surface area contributed by atoms with Crippen LogP contribution in [0.1, 0.15) is 25.3 Å². The first kappa shape index (κ1) is 16.6. The maximum Gasteiger partial charge on any atom is 0.242 e. The van der Waals surface area contributed by atoms with Crippen molar-refractivity contribution >= 4 is 38.8 Å². The lowest BCUT2D eigenvalue weighted by Gasteiger charge is -2.20. The molecule has 0 amide bonds. The molecule has 1 aromatic rings. The summed E-state index contributed by atoms with van der Waals surface area (Å²) < 4.78 is 33.0. The van der Waals surface area contributed by atoms with Crippen molar-refractivity contribution in [1.82, 2.24) is 4.72 Å². The van der Waals surface area contributed by atoms with Crippen LogP contribution in [-0.2, 0) is 14.8 Å². The van der Waals surface area contributed by atoms with Crippen LogP contribution in [0.5, 0.6) is 0 Å². The lowest BCUT2D eigenvalue weighted by molar-refractivity contribution is 0.0902. The molecule has 0 bridgehead atoms. The van der Waals surface area contributed by atoms with E-state index in [1.165, 1.54) is 12.1 Å². The van der Waals surface area contributed by atoms with Crippen molar-refractivity contribution in [3.63, 3.8) is 0 Å². The molecule has 0 radical (unpaired) electrons. The van der Waals surface area contributed by atoms with Crippen molar-refractivity contribution in [3.8, 4) is 0 Å². The van der Waals surface area contributed by atoms with Crippen molar-refractivity contribution < 1.29 is 13.2 Å². The predicted molar refractivity (Wildman–Crippen MR) is 86.1 cm³/mol. The molecule has 0 aromatic heterocycles. The molecule has 1 aliphatic rings. The quantitative estimate of drug-likeness (QED) is 0.793. The number of halogens is 1. The van der Waals surface area contributed by atoms with E-state index in [0.29, 0.717) is 12.2 Å². The van der Waals surface area contributed by atoms with Gasteiger partial charge in [0.15, 0.2) is 0 Å². The molecule has 0 aliphatic carbocycles. The summed E-state index contributed by atoms with van der Waals surface area (Å²) in [6.07, 6.45) is 1.66. The molecule has 3 N–H and O–H groups in total. The zero-order valence-corrected chi connectivity index (χ0v) is 13.9. The van der Waals surface area contributed by atoms with E-state index in [4.69, 9.17) is 34.3 Å². The standard InChI is InChI=1S/C13H17ClN2O3S2/c1-8(11-3-2-6-19-11)16-21(17,18)12-7-9(13(15)20)4-5-10(12)14/h4-5,7-8,11,16H,2-3,6H2,1H3,(H2,15,20). The van der Waals surface area contributed by atoms with E-state index in [2.05, 4.69) is 4.72 Å². The summed E-state index contributed by atoms with van der Waals surface area (Å²) in [5, 5.41) is 0.127.